The number of rotatable bonds is 4. The van der Waals surface area contributed by atoms with E-state index in [2.05, 4.69) is 54.7 Å². The van der Waals surface area contributed by atoms with E-state index in [1.165, 1.54) is 16.7 Å². The van der Waals surface area contributed by atoms with Crippen LogP contribution in [0.3, 0.4) is 0 Å². The van der Waals surface area contributed by atoms with Crippen molar-refractivity contribution in [2.75, 3.05) is 0 Å². The first-order valence-electron chi connectivity index (χ1n) is 5.56. The fourth-order valence-electron chi connectivity index (χ4n) is 1.60. The summed E-state index contributed by atoms with van der Waals surface area (Å²) in [5.41, 5.74) is 3.93. The first-order valence-corrected chi connectivity index (χ1v) is 5.56. The van der Waals surface area contributed by atoms with E-state index in [9.17, 15) is 0 Å². The largest absolute Gasteiger partial charge is 0.309 e. The van der Waals surface area contributed by atoms with Crippen LogP contribution in [0.4, 0.5) is 0 Å². The summed E-state index contributed by atoms with van der Waals surface area (Å²) in [5, 5.41) is 3.42. The smallest absolute Gasteiger partial charge is 0.0208 e. The standard InChI is InChI=1S/C15H16N/c1-13-7-9-15(10-8-13)12-16-11-14-5-3-2-4-6-14/h3-10,16H,11-12H2,1H3. The summed E-state index contributed by atoms with van der Waals surface area (Å²) in [7, 11) is 0. The van der Waals surface area contributed by atoms with Gasteiger partial charge in [-0.25, -0.2) is 0 Å². The minimum atomic E-state index is 0.905. The summed E-state index contributed by atoms with van der Waals surface area (Å²) in [4.78, 5) is 0. The Balaban J connectivity index is 1.82. The lowest BCUT2D eigenvalue weighted by Gasteiger charge is -2.05. The van der Waals surface area contributed by atoms with Crippen LogP contribution >= 0.6 is 0 Å². The lowest BCUT2D eigenvalue weighted by Crippen LogP contribution is -2.12. The summed E-state index contributed by atoms with van der Waals surface area (Å²) in [6.45, 7) is 3.93. The van der Waals surface area contributed by atoms with Crippen LogP contribution in [-0.2, 0) is 13.1 Å². The van der Waals surface area contributed by atoms with Gasteiger partial charge in [-0.05, 0) is 24.1 Å². The van der Waals surface area contributed by atoms with Gasteiger partial charge in [0, 0.05) is 13.1 Å². The van der Waals surface area contributed by atoms with E-state index >= 15 is 0 Å². The van der Waals surface area contributed by atoms with Crippen LogP contribution in [0.5, 0.6) is 0 Å². The first kappa shape index (κ1) is 10.9. The number of hydrogen-bond donors (Lipinski definition) is 1. The van der Waals surface area contributed by atoms with Gasteiger partial charge in [-0.1, -0.05) is 54.1 Å². The van der Waals surface area contributed by atoms with Crippen molar-refractivity contribution in [2.45, 2.75) is 20.0 Å². The van der Waals surface area contributed by atoms with Crippen molar-refractivity contribution in [2.24, 2.45) is 0 Å². The summed E-state index contributed by atoms with van der Waals surface area (Å²) in [6.07, 6.45) is 0. The molecule has 0 spiro atoms. The third kappa shape index (κ3) is 3.21. The molecule has 0 unspecified atom stereocenters. The number of hydrogen-bond acceptors (Lipinski definition) is 1. The Bertz CT molecular complexity index is 417. The first-order chi connectivity index (χ1) is 7.84. The molecule has 1 nitrogen and oxygen atoms in total. The van der Waals surface area contributed by atoms with Gasteiger partial charge in [-0.3, -0.25) is 0 Å². The van der Waals surface area contributed by atoms with Crippen molar-refractivity contribution in [3.8, 4) is 0 Å². The Morgan fingerprint density at radius 1 is 0.875 bits per heavy atom. The summed E-state index contributed by atoms with van der Waals surface area (Å²) < 4.78 is 0. The molecule has 2 aromatic rings. The molecule has 0 aliphatic rings. The Hall–Kier alpha value is -1.60. The minimum absolute atomic E-state index is 0.905. The van der Waals surface area contributed by atoms with Crippen molar-refractivity contribution in [3.63, 3.8) is 0 Å². The highest BCUT2D eigenvalue weighted by Crippen LogP contribution is 2.03. The van der Waals surface area contributed by atoms with Gasteiger partial charge in [0.2, 0.25) is 0 Å². The lowest BCUT2D eigenvalue weighted by atomic mass is 10.1. The zero-order valence-electron chi connectivity index (χ0n) is 9.53. The molecule has 0 aromatic heterocycles. The molecule has 1 radical (unpaired) electrons. The van der Waals surface area contributed by atoms with Gasteiger partial charge in [-0.2, -0.15) is 0 Å². The van der Waals surface area contributed by atoms with Crippen LogP contribution in [-0.4, -0.2) is 0 Å². The van der Waals surface area contributed by atoms with E-state index in [1.54, 1.807) is 0 Å². The molecular formula is C15H16N. The zero-order valence-corrected chi connectivity index (χ0v) is 9.53. The Kier molecular flexibility index (Phi) is 3.73. The van der Waals surface area contributed by atoms with Crippen LogP contribution in [0.25, 0.3) is 0 Å². The summed E-state index contributed by atoms with van der Waals surface area (Å²) in [5.74, 6) is 0. The molecule has 16 heavy (non-hydrogen) atoms. The second kappa shape index (κ2) is 5.47. The Morgan fingerprint density at radius 2 is 1.44 bits per heavy atom. The molecule has 2 rings (SSSR count). The van der Waals surface area contributed by atoms with Crippen LogP contribution in [0.2, 0.25) is 0 Å². The zero-order chi connectivity index (χ0) is 11.2. The van der Waals surface area contributed by atoms with Crippen molar-refractivity contribution in [1.82, 2.24) is 5.32 Å². The molecule has 81 valence electrons. The SMILES string of the molecule is Cc1ccc(CNCc2cc[c]cc2)cc1. The molecule has 0 bridgehead atoms. The van der Waals surface area contributed by atoms with Crippen LogP contribution in [0, 0.1) is 13.0 Å². The summed E-state index contributed by atoms with van der Waals surface area (Å²) >= 11 is 0. The molecule has 2 aromatic carbocycles. The van der Waals surface area contributed by atoms with Crippen LogP contribution < -0.4 is 5.32 Å². The molecule has 0 aliphatic carbocycles. The highest BCUT2D eigenvalue weighted by molar-refractivity contribution is 5.21. The fraction of sp³-hybridized carbons (Fsp3) is 0.200. The number of benzene rings is 2. The lowest BCUT2D eigenvalue weighted by molar-refractivity contribution is 0.693. The maximum absolute atomic E-state index is 3.42. The van der Waals surface area contributed by atoms with E-state index < -0.39 is 0 Å². The Morgan fingerprint density at radius 3 is 2.06 bits per heavy atom. The van der Waals surface area contributed by atoms with E-state index in [-0.39, 0.29) is 0 Å². The quantitative estimate of drug-likeness (QED) is 0.817. The normalized spacial score (nSPS) is 10.3. The molecule has 0 aliphatic heterocycles. The van der Waals surface area contributed by atoms with Crippen LogP contribution in [0.15, 0.2) is 48.5 Å². The van der Waals surface area contributed by atoms with Gasteiger partial charge in [0.1, 0.15) is 0 Å². The average molecular weight is 210 g/mol. The monoisotopic (exact) mass is 210 g/mol. The van der Waals surface area contributed by atoms with E-state index in [0.717, 1.165) is 13.1 Å². The van der Waals surface area contributed by atoms with Gasteiger partial charge >= 0.3 is 0 Å². The second-order valence-electron chi connectivity index (χ2n) is 4.00. The molecule has 1 heteroatoms. The Labute approximate surface area is 97.1 Å². The van der Waals surface area contributed by atoms with Crippen molar-refractivity contribution in [3.05, 3.63) is 71.3 Å². The van der Waals surface area contributed by atoms with Gasteiger partial charge in [0.15, 0.2) is 0 Å². The molecule has 0 fully saturated rings. The number of nitrogens with one attached hydrogen (secondary N) is 1. The van der Waals surface area contributed by atoms with Crippen molar-refractivity contribution in [1.29, 1.82) is 0 Å². The fourth-order valence-corrected chi connectivity index (χ4v) is 1.60. The van der Waals surface area contributed by atoms with Crippen molar-refractivity contribution < 1.29 is 0 Å². The van der Waals surface area contributed by atoms with Gasteiger partial charge in [0.05, 0.1) is 0 Å². The molecule has 0 atom stereocenters. The molecule has 0 amide bonds. The van der Waals surface area contributed by atoms with Gasteiger partial charge < -0.3 is 5.32 Å². The molecular weight excluding hydrogens is 194 g/mol. The second-order valence-corrected chi connectivity index (χ2v) is 4.00. The third-order valence-electron chi connectivity index (χ3n) is 2.57. The van der Waals surface area contributed by atoms with E-state index in [0.29, 0.717) is 0 Å². The van der Waals surface area contributed by atoms with Crippen molar-refractivity contribution >= 4 is 0 Å². The topological polar surface area (TPSA) is 12.0 Å². The molecule has 1 N–H and O–H groups in total. The van der Waals surface area contributed by atoms with Gasteiger partial charge in [-0.15, -0.1) is 0 Å². The highest BCUT2D eigenvalue weighted by atomic mass is 14.8. The predicted octanol–water partition coefficient (Wildman–Crippen LogP) is 3.09. The predicted molar refractivity (Wildman–Crippen MR) is 67.0 cm³/mol. The third-order valence-corrected chi connectivity index (χ3v) is 2.57. The van der Waals surface area contributed by atoms with E-state index in [1.807, 2.05) is 12.1 Å². The molecule has 0 heterocycles. The average Bonchev–Trinajstić information content (AvgIpc) is 2.33. The van der Waals surface area contributed by atoms with E-state index in [4.69, 9.17) is 0 Å². The molecule has 0 saturated carbocycles. The maximum atomic E-state index is 3.42. The van der Waals surface area contributed by atoms with Gasteiger partial charge in [0.25, 0.3) is 0 Å². The molecule has 0 saturated heterocycles. The van der Waals surface area contributed by atoms with Crippen LogP contribution in [0.1, 0.15) is 16.7 Å². The highest BCUT2D eigenvalue weighted by Gasteiger charge is 1.93. The summed E-state index contributed by atoms with van der Waals surface area (Å²) in [6, 6.07) is 19.7. The number of aryl methyl sites for hydroxylation is 1. The minimum Gasteiger partial charge on any atom is -0.309 e. The maximum Gasteiger partial charge on any atom is 0.0208 e.